The molecule has 0 fully saturated rings. The van der Waals surface area contributed by atoms with Crippen LogP contribution in [0.3, 0.4) is 0 Å². The molecule has 0 saturated carbocycles. The Bertz CT molecular complexity index is 866. The van der Waals surface area contributed by atoms with Crippen LogP contribution in [0.2, 0.25) is 0 Å². The fourth-order valence-corrected chi connectivity index (χ4v) is 2.75. The number of benzene rings is 2. The van der Waals surface area contributed by atoms with Gasteiger partial charge in [-0.3, -0.25) is 4.79 Å². The zero-order chi connectivity index (χ0) is 22.1. The zero-order valence-corrected chi connectivity index (χ0v) is 18.6. The second-order valence-electron chi connectivity index (χ2n) is 7.88. The third kappa shape index (κ3) is 6.81. The van der Waals surface area contributed by atoms with Crippen LogP contribution < -0.4 is 14.8 Å². The molecule has 30 heavy (non-hydrogen) atoms. The monoisotopic (exact) mass is 413 g/mol. The van der Waals surface area contributed by atoms with Crippen LogP contribution in [0.15, 0.2) is 48.7 Å². The van der Waals surface area contributed by atoms with Gasteiger partial charge in [-0.25, -0.2) is 0 Å². The molecule has 6 nitrogen and oxygen atoms in total. The summed E-state index contributed by atoms with van der Waals surface area (Å²) in [6, 6.07) is 13.7. The van der Waals surface area contributed by atoms with Crippen molar-refractivity contribution in [1.82, 2.24) is 5.32 Å². The highest BCUT2D eigenvalue weighted by atomic mass is 16.7. The molecule has 1 amide bonds. The highest BCUT2D eigenvalue weighted by Crippen LogP contribution is 2.32. The van der Waals surface area contributed by atoms with Crippen molar-refractivity contribution < 1.29 is 23.7 Å². The van der Waals surface area contributed by atoms with Gasteiger partial charge in [0.15, 0.2) is 6.79 Å². The van der Waals surface area contributed by atoms with Gasteiger partial charge in [0.25, 0.3) is 0 Å². The summed E-state index contributed by atoms with van der Waals surface area (Å²) in [5, 5.41) is 2.83. The van der Waals surface area contributed by atoms with Crippen LogP contribution in [0.25, 0.3) is 5.70 Å². The van der Waals surface area contributed by atoms with Crippen molar-refractivity contribution in [2.75, 3.05) is 21.0 Å². The lowest BCUT2D eigenvalue weighted by atomic mass is 9.85. The summed E-state index contributed by atoms with van der Waals surface area (Å²) in [6.07, 6.45) is 1.48. The lowest BCUT2D eigenvalue weighted by Gasteiger charge is -2.22. The molecule has 1 N–H and O–H groups in total. The van der Waals surface area contributed by atoms with Crippen molar-refractivity contribution in [3.63, 3.8) is 0 Å². The predicted octanol–water partition coefficient (Wildman–Crippen LogP) is 4.63. The lowest BCUT2D eigenvalue weighted by Crippen LogP contribution is -2.20. The average molecular weight is 414 g/mol. The number of methoxy groups -OCH3 is 2. The molecule has 2 aromatic rings. The van der Waals surface area contributed by atoms with Gasteiger partial charge in [-0.15, -0.1) is 0 Å². The Morgan fingerprint density at radius 3 is 2.33 bits per heavy atom. The van der Waals surface area contributed by atoms with E-state index in [9.17, 15) is 4.79 Å². The van der Waals surface area contributed by atoms with Crippen molar-refractivity contribution in [3.8, 4) is 11.5 Å². The number of rotatable bonds is 9. The summed E-state index contributed by atoms with van der Waals surface area (Å²) < 4.78 is 21.7. The van der Waals surface area contributed by atoms with Crippen molar-refractivity contribution in [2.45, 2.75) is 39.7 Å². The second-order valence-corrected chi connectivity index (χ2v) is 7.88. The Labute approximate surface area is 178 Å². The first-order valence-electron chi connectivity index (χ1n) is 9.73. The number of amides is 1. The standard InChI is InChI=1S/C24H31NO5/c1-17(26)25-22(15-29-16-27-5)21-13-19(24(2,3)4)9-12-23(21)30-14-18-7-10-20(28-6)11-8-18/h7-13,15H,14,16H2,1-6H3,(H,25,26)/b22-15+. The third-order valence-corrected chi connectivity index (χ3v) is 4.39. The molecule has 0 aliphatic carbocycles. The fourth-order valence-electron chi connectivity index (χ4n) is 2.75. The van der Waals surface area contributed by atoms with Crippen LogP contribution in [-0.2, 0) is 26.3 Å². The van der Waals surface area contributed by atoms with E-state index in [1.807, 2.05) is 42.5 Å². The van der Waals surface area contributed by atoms with E-state index in [0.29, 0.717) is 18.1 Å². The molecule has 2 rings (SSSR count). The van der Waals surface area contributed by atoms with Crippen LogP contribution in [0.5, 0.6) is 11.5 Å². The van der Waals surface area contributed by atoms with E-state index in [0.717, 1.165) is 22.4 Å². The SMILES string of the molecule is COCO/C=C(/NC(C)=O)c1cc(C(C)(C)C)ccc1OCc1ccc(OC)cc1. The maximum atomic E-state index is 11.8. The van der Waals surface area contributed by atoms with Crippen molar-refractivity contribution in [1.29, 1.82) is 0 Å². The normalized spacial score (nSPS) is 11.7. The maximum absolute atomic E-state index is 11.8. The van der Waals surface area contributed by atoms with E-state index in [1.165, 1.54) is 20.3 Å². The van der Waals surface area contributed by atoms with Gasteiger partial charge in [0.1, 0.15) is 24.4 Å². The molecule has 0 saturated heterocycles. The Morgan fingerprint density at radius 1 is 1.07 bits per heavy atom. The molecule has 6 heteroatoms. The smallest absolute Gasteiger partial charge is 0.221 e. The van der Waals surface area contributed by atoms with Crippen LogP contribution >= 0.6 is 0 Å². The van der Waals surface area contributed by atoms with Crippen LogP contribution in [0, 0.1) is 0 Å². The van der Waals surface area contributed by atoms with Gasteiger partial charge in [0, 0.05) is 19.6 Å². The largest absolute Gasteiger partial charge is 0.497 e. The predicted molar refractivity (Wildman–Crippen MR) is 117 cm³/mol. The van der Waals surface area contributed by atoms with Crippen LogP contribution in [-0.4, -0.2) is 26.9 Å². The van der Waals surface area contributed by atoms with Gasteiger partial charge in [0.2, 0.25) is 5.91 Å². The summed E-state index contributed by atoms with van der Waals surface area (Å²) in [5.74, 6) is 1.23. The number of hydrogen-bond donors (Lipinski definition) is 1. The number of hydrogen-bond acceptors (Lipinski definition) is 5. The summed E-state index contributed by atoms with van der Waals surface area (Å²) in [6.45, 7) is 8.30. The number of nitrogens with one attached hydrogen (secondary N) is 1. The van der Waals surface area contributed by atoms with E-state index in [2.05, 4.69) is 26.1 Å². The fraction of sp³-hybridized carbons (Fsp3) is 0.375. The van der Waals surface area contributed by atoms with Gasteiger partial charge in [-0.1, -0.05) is 39.0 Å². The summed E-state index contributed by atoms with van der Waals surface area (Å²) in [4.78, 5) is 11.8. The Morgan fingerprint density at radius 2 is 1.77 bits per heavy atom. The Hall–Kier alpha value is -2.99. The van der Waals surface area contributed by atoms with Crippen molar-refractivity contribution >= 4 is 11.6 Å². The quantitative estimate of drug-likeness (QED) is 0.369. The summed E-state index contributed by atoms with van der Waals surface area (Å²) in [7, 11) is 3.17. The average Bonchev–Trinajstić information content (AvgIpc) is 2.71. The minimum atomic E-state index is -0.204. The molecular formula is C24H31NO5. The molecule has 0 atom stereocenters. The van der Waals surface area contributed by atoms with Gasteiger partial charge in [-0.05, 0) is 40.8 Å². The van der Waals surface area contributed by atoms with Crippen LogP contribution in [0.4, 0.5) is 0 Å². The van der Waals surface area contributed by atoms with E-state index < -0.39 is 0 Å². The number of ether oxygens (including phenoxy) is 4. The van der Waals surface area contributed by atoms with Gasteiger partial charge < -0.3 is 24.3 Å². The lowest BCUT2D eigenvalue weighted by molar-refractivity contribution is -0.117. The molecular weight excluding hydrogens is 382 g/mol. The minimum absolute atomic E-state index is 0.0714. The first-order chi connectivity index (χ1) is 14.2. The number of carbonyl (C=O) groups is 1. The van der Waals surface area contributed by atoms with Gasteiger partial charge in [-0.2, -0.15) is 0 Å². The first-order valence-corrected chi connectivity index (χ1v) is 9.73. The van der Waals surface area contributed by atoms with Crippen LogP contribution in [0.1, 0.15) is 44.4 Å². The molecule has 0 radical (unpaired) electrons. The molecule has 0 unspecified atom stereocenters. The molecule has 0 aliphatic heterocycles. The first kappa shape index (κ1) is 23.3. The molecule has 0 heterocycles. The van der Waals surface area contributed by atoms with Gasteiger partial charge >= 0.3 is 0 Å². The molecule has 162 valence electrons. The maximum Gasteiger partial charge on any atom is 0.221 e. The van der Waals surface area contributed by atoms with E-state index in [4.69, 9.17) is 18.9 Å². The van der Waals surface area contributed by atoms with E-state index >= 15 is 0 Å². The highest BCUT2D eigenvalue weighted by molar-refractivity contribution is 5.86. The Balaban J connectivity index is 2.39. The zero-order valence-electron chi connectivity index (χ0n) is 18.6. The van der Waals surface area contributed by atoms with E-state index in [1.54, 1.807) is 7.11 Å². The Kier molecular flexibility index (Phi) is 8.30. The van der Waals surface area contributed by atoms with Crippen molar-refractivity contribution in [3.05, 3.63) is 65.4 Å². The highest BCUT2D eigenvalue weighted by Gasteiger charge is 2.19. The van der Waals surface area contributed by atoms with Crippen molar-refractivity contribution in [2.24, 2.45) is 0 Å². The minimum Gasteiger partial charge on any atom is -0.497 e. The van der Waals surface area contributed by atoms with Gasteiger partial charge in [0.05, 0.1) is 12.8 Å². The molecule has 0 spiro atoms. The topological polar surface area (TPSA) is 66.0 Å². The molecule has 0 bridgehead atoms. The summed E-state index contributed by atoms with van der Waals surface area (Å²) >= 11 is 0. The second kappa shape index (κ2) is 10.7. The molecule has 0 aliphatic rings. The van der Waals surface area contributed by atoms with E-state index in [-0.39, 0.29) is 18.1 Å². The molecule has 2 aromatic carbocycles. The third-order valence-electron chi connectivity index (χ3n) is 4.39. The summed E-state index contributed by atoms with van der Waals surface area (Å²) in [5.41, 5.74) is 3.29. The number of carbonyl (C=O) groups excluding carboxylic acids is 1. The molecule has 0 aromatic heterocycles.